The Morgan fingerprint density at radius 3 is 2.51 bits per heavy atom. The molecule has 0 saturated heterocycles. The van der Waals surface area contributed by atoms with Gasteiger partial charge in [0.1, 0.15) is 11.6 Å². The summed E-state index contributed by atoms with van der Waals surface area (Å²) in [4.78, 5) is 17.3. The van der Waals surface area contributed by atoms with E-state index in [1.54, 1.807) is 0 Å². The van der Waals surface area contributed by atoms with Crippen LogP contribution in [0, 0.1) is 5.92 Å². The first-order valence-electron chi connectivity index (χ1n) is 15.0. The van der Waals surface area contributed by atoms with Crippen LogP contribution in [0.15, 0.2) is 60.0 Å². The van der Waals surface area contributed by atoms with Gasteiger partial charge in [-0.1, -0.05) is 70.2 Å². The molecule has 2 aliphatic rings. The molecule has 0 bridgehead atoms. The Bertz CT molecular complexity index is 2100. The first-order chi connectivity index (χ1) is 20.0. The van der Waals surface area contributed by atoms with Crippen LogP contribution in [-0.4, -0.2) is 19.9 Å². The Kier molecular flexibility index (Phi) is 5.62. The van der Waals surface area contributed by atoms with Gasteiger partial charge in [-0.3, -0.25) is 0 Å². The Hall–Kier alpha value is -3.96. The van der Waals surface area contributed by atoms with Gasteiger partial charge >= 0.3 is 0 Å². The van der Waals surface area contributed by atoms with Crippen LogP contribution in [0.1, 0.15) is 87.1 Å². The number of imidazole rings is 2. The number of aromatic amines is 2. The van der Waals surface area contributed by atoms with Gasteiger partial charge in [-0.25, -0.2) is 9.97 Å². The summed E-state index contributed by atoms with van der Waals surface area (Å²) in [5.41, 5.74) is 11.2. The number of rotatable bonds is 5. The average Bonchev–Trinajstić information content (AvgIpc) is 3.77. The lowest BCUT2D eigenvalue weighted by Gasteiger charge is -2.27. The Balaban J connectivity index is 1.22. The van der Waals surface area contributed by atoms with Gasteiger partial charge < -0.3 is 9.97 Å². The summed E-state index contributed by atoms with van der Waals surface area (Å²) in [6, 6.07) is 13.7. The topological polar surface area (TPSA) is 57.4 Å². The largest absolute Gasteiger partial charge is 0.342 e. The van der Waals surface area contributed by atoms with Crippen molar-refractivity contribution in [3.05, 3.63) is 88.3 Å². The van der Waals surface area contributed by atoms with Gasteiger partial charge in [0, 0.05) is 44.2 Å². The van der Waals surface area contributed by atoms with E-state index in [0.717, 1.165) is 47.5 Å². The maximum Gasteiger partial charge on any atom is 0.110 e. The Morgan fingerprint density at radius 2 is 1.68 bits per heavy atom. The molecule has 41 heavy (non-hydrogen) atoms. The predicted octanol–water partition coefficient (Wildman–Crippen LogP) is 10.3. The molecule has 3 heterocycles. The molecular weight excluding hydrogens is 520 g/mol. The Morgan fingerprint density at radius 1 is 0.878 bits per heavy atom. The van der Waals surface area contributed by atoms with Crippen LogP contribution in [0.3, 0.4) is 0 Å². The van der Waals surface area contributed by atoms with E-state index in [0.29, 0.717) is 17.8 Å². The van der Waals surface area contributed by atoms with Crippen molar-refractivity contribution in [1.82, 2.24) is 19.9 Å². The second-order valence-electron chi connectivity index (χ2n) is 11.9. The average molecular weight is 555 g/mol. The third-order valence-electron chi connectivity index (χ3n) is 9.53. The molecule has 0 spiro atoms. The van der Waals surface area contributed by atoms with E-state index in [1.807, 2.05) is 11.3 Å². The fourth-order valence-electron chi connectivity index (χ4n) is 6.64. The first-order valence-corrected chi connectivity index (χ1v) is 15.9. The minimum atomic E-state index is 0.374. The van der Waals surface area contributed by atoms with Gasteiger partial charge in [0.05, 0.1) is 22.1 Å². The highest BCUT2D eigenvalue weighted by Crippen LogP contribution is 2.45. The minimum absolute atomic E-state index is 0.374. The third-order valence-corrected chi connectivity index (χ3v) is 10.5. The number of aromatic nitrogens is 4. The van der Waals surface area contributed by atoms with Gasteiger partial charge in [0.2, 0.25) is 0 Å². The number of fused-ring (bicyclic) bond motifs is 11. The summed E-state index contributed by atoms with van der Waals surface area (Å²) in [5, 5.41) is 6.04. The molecule has 204 valence electrons. The van der Waals surface area contributed by atoms with Crippen LogP contribution in [0.2, 0.25) is 0 Å². The molecule has 2 N–H and O–H groups in total. The summed E-state index contributed by atoms with van der Waals surface area (Å²) >= 11 is 1.82. The molecule has 0 fully saturated rings. The highest BCUT2D eigenvalue weighted by molar-refractivity contribution is 7.18. The van der Waals surface area contributed by atoms with Crippen LogP contribution in [0.4, 0.5) is 0 Å². The predicted molar refractivity (Wildman–Crippen MR) is 176 cm³/mol. The number of benzene rings is 3. The lowest BCUT2D eigenvalue weighted by Crippen LogP contribution is -2.10. The zero-order chi connectivity index (χ0) is 27.8. The van der Waals surface area contributed by atoms with E-state index in [2.05, 4.69) is 104 Å². The van der Waals surface area contributed by atoms with Crippen LogP contribution < -0.4 is 0 Å². The van der Waals surface area contributed by atoms with Crippen LogP contribution in [0.5, 0.6) is 0 Å². The van der Waals surface area contributed by atoms with Crippen molar-refractivity contribution in [2.75, 3.05) is 0 Å². The fourth-order valence-corrected chi connectivity index (χ4v) is 7.57. The van der Waals surface area contributed by atoms with E-state index >= 15 is 0 Å². The zero-order valence-corrected chi connectivity index (χ0v) is 24.8. The quantitative estimate of drug-likeness (QED) is 0.223. The van der Waals surface area contributed by atoms with Crippen molar-refractivity contribution in [2.45, 2.75) is 58.8 Å². The highest BCUT2D eigenvalue weighted by atomic mass is 32.1. The van der Waals surface area contributed by atoms with E-state index in [-0.39, 0.29) is 0 Å². The summed E-state index contributed by atoms with van der Waals surface area (Å²) in [6.45, 7) is 8.93. The van der Waals surface area contributed by atoms with E-state index in [9.17, 15) is 0 Å². The first kappa shape index (κ1) is 24.8. The number of nitrogens with one attached hydrogen (secondary N) is 2. The summed E-state index contributed by atoms with van der Waals surface area (Å²) < 4.78 is 1.33. The number of H-pyrrole nitrogens is 2. The lowest BCUT2D eigenvalue weighted by molar-refractivity contribution is 0.692. The number of thiophene rings is 1. The monoisotopic (exact) mass is 554 g/mol. The van der Waals surface area contributed by atoms with Crippen molar-refractivity contribution in [1.29, 1.82) is 0 Å². The van der Waals surface area contributed by atoms with Crippen LogP contribution in [-0.2, 0) is 0 Å². The summed E-state index contributed by atoms with van der Waals surface area (Å²) in [6.07, 6.45) is 12.5. The number of hydrogen-bond donors (Lipinski definition) is 2. The van der Waals surface area contributed by atoms with E-state index in [1.165, 1.54) is 54.2 Å². The molecule has 0 amide bonds. The van der Waals surface area contributed by atoms with Gasteiger partial charge in [0.15, 0.2) is 0 Å². The lowest BCUT2D eigenvalue weighted by atomic mass is 9.76. The number of nitrogens with zero attached hydrogens (tertiary/aromatic N) is 2. The van der Waals surface area contributed by atoms with E-state index < -0.39 is 0 Å². The highest BCUT2D eigenvalue weighted by Gasteiger charge is 2.26. The van der Waals surface area contributed by atoms with Crippen molar-refractivity contribution in [2.24, 2.45) is 5.92 Å². The summed E-state index contributed by atoms with van der Waals surface area (Å²) in [5.74, 6) is 3.40. The van der Waals surface area contributed by atoms with E-state index in [4.69, 9.17) is 9.97 Å². The van der Waals surface area contributed by atoms with Gasteiger partial charge in [-0.2, -0.15) is 0 Å². The molecule has 8 rings (SSSR count). The molecule has 5 heteroatoms. The molecule has 3 unspecified atom stereocenters. The van der Waals surface area contributed by atoms with Crippen molar-refractivity contribution < 1.29 is 0 Å². The van der Waals surface area contributed by atoms with Gasteiger partial charge in [0.25, 0.3) is 0 Å². The second-order valence-corrected chi connectivity index (χ2v) is 12.8. The molecule has 3 aromatic carbocycles. The molecule has 0 aliphatic heterocycles. The van der Waals surface area contributed by atoms with Crippen molar-refractivity contribution in [3.63, 3.8) is 0 Å². The smallest absolute Gasteiger partial charge is 0.110 e. The normalized spacial score (nSPS) is 18.1. The standard InChI is InChI=1S/C36H34N4S/c1-5-19(3)35-37-30-14-13-25-24-10-7-21(17-23(24)9-12-26(25)31(30)38-35)22-8-11-27-29(18-22)34-28(15-16-41-34)33-32(27)39-36(40-33)20(4)6-2/h7-16,18-20,23H,5-6,17H2,1-4H3,(H,37,38)(H,39,40). The van der Waals surface area contributed by atoms with Gasteiger partial charge in [-0.15, -0.1) is 11.3 Å². The maximum atomic E-state index is 5.06. The third kappa shape index (κ3) is 3.71. The van der Waals surface area contributed by atoms with Crippen molar-refractivity contribution >= 4 is 71.5 Å². The number of hydrogen-bond acceptors (Lipinski definition) is 3. The Labute approximate surface area is 243 Å². The molecule has 0 radical (unpaired) electrons. The molecule has 2 aliphatic carbocycles. The SMILES string of the molecule is CCC(C)c1nc2c3c(ccc2[nH]1)C1=CC=C(c2ccc4c(c2)c2sccc2c2nc(C(C)CC)[nH]c42)CC1C=C3. The molecule has 6 aromatic rings. The maximum absolute atomic E-state index is 5.06. The zero-order valence-electron chi connectivity index (χ0n) is 24.0. The number of allylic oxidation sites excluding steroid dienone is 5. The van der Waals surface area contributed by atoms with Crippen LogP contribution >= 0.6 is 11.3 Å². The van der Waals surface area contributed by atoms with Gasteiger partial charge in [-0.05, 0) is 65.1 Å². The van der Waals surface area contributed by atoms with Crippen LogP contribution in [0.25, 0.3) is 60.1 Å². The fraction of sp³-hybridized carbons (Fsp3) is 0.278. The molecule has 0 saturated carbocycles. The molecule has 3 atom stereocenters. The second kappa shape index (κ2) is 9.28. The van der Waals surface area contributed by atoms with Crippen molar-refractivity contribution in [3.8, 4) is 0 Å². The molecule has 3 aromatic heterocycles. The molecular formula is C36H34N4S. The summed E-state index contributed by atoms with van der Waals surface area (Å²) in [7, 11) is 0. The molecule has 4 nitrogen and oxygen atoms in total. The minimum Gasteiger partial charge on any atom is -0.342 e.